The van der Waals surface area contributed by atoms with Crippen LogP contribution in [0.2, 0.25) is 0 Å². The van der Waals surface area contributed by atoms with E-state index in [1.165, 1.54) is 6.20 Å². The van der Waals surface area contributed by atoms with Gasteiger partial charge in [-0.2, -0.15) is 15.4 Å². The Morgan fingerprint density at radius 3 is 2.84 bits per heavy atom. The van der Waals surface area contributed by atoms with Gasteiger partial charge in [0.15, 0.2) is 5.69 Å². The zero-order valence-electron chi connectivity index (χ0n) is 10.7. The lowest BCUT2D eigenvalue weighted by Crippen LogP contribution is -2.29. The molecule has 0 saturated carbocycles. The summed E-state index contributed by atoms with van der Waals surface area (Å²) in [5, 5.41) is 9.79. The molecule has 1 aromatic heterocycles. The van der Waals surface area contributed by atoms with Crippen LogP contribution in [0.15, 0.2) is 36.5 Å². The van der Waals surface area contributed by atoms with Gasteiger partial charge in [0.2, 0.25) is 0 Å². The molecule has 0 aliphatic carbocycles. The van der Waals surface area contributed by atoms with Gasteiger partial charge in [-0.25, -0.2) is 0 Å². The molecule has 1 heterocycles. The SMILES string of the molecule is CN(CCCOc1ccccc1)C(=O)c1cn[nH]n1. The van der Waals surface area contributed by atoms with Crippen molar-refractivity contribution in [2.75, 3.05) is 20.2 Å². The quantitative estimate of drug-likeness (QED) is 0.796. The summed E-state index contributed by atoms with van der Waals surface area (Å²) < 4.78 is 5.55. The highest BCUT2D eigenvalue weighted by molar-refractivity contribution is 5.91. The van der Waals surface area contributed by atoms with Crippen molar-refractivity contribution in [2.24, 2.45) is 0 Å². The number of amides is 1. The first-order chi connectivity index (χ1) is 9.27. The summed E-state index contributed by atoms with van der Waals surface area (Å²) in [5.41, 5.74) is 0.325. The van der Waals surface area contributed by atoms with Gasteiger partial charge < -0.3 is 9.64 Å². The lowest BCUT2D eigenvalue weighted by Gasteiger charge is -2.15. The van der Waals surface area contributed by atoms with E-state index < -0.39 is 0 Å². The predicted molar refractivity (Wildman–Crippen MR) is 69.9 cm³/mol. The van der Waals surface area contributed by atoms with Gasteiger partial charge in [-0.05, 0) is 18.6 Å². The van der Waals surface area contributed by atoms with E-state index in [1.807, 2.05) is 30.3 Å². The van der Waals surface area contributed by atoms with E-state index >= 15 is 0 Å². The van der Waals surface area contributed by atoms with Gasteiger partial charge in [0, 0.05) is 13.6 Å². The topological polar surface area (TPSA) is 71.1 Å². The molecule has 6 heteroatoms. The molecule has 100 valence electrons. The van der Waals surface area contributed by atoms with E-state index in [2.05, 4.69) is 15.4 Å². The van der Waals surface area contributed by atoms with Crippen molar-refractivity contribution in [3.8, 4) is 5.75 Å². The molecule has 1 aromatic carbocycles. The molecule has 0 radical (unpaired) electrons. The summed E-state index contributed by atoms with van der Waals surface area (Å²) >= 11 is 0. The van der Waals surface area contributed by atoms with Crippen molar-refractivity contribution in [3.05, 3.63) is 42.2 Å². The van der Waals surface area contributed by atoms with Crippen LogP contribution in [0, 0.1) is 0 Å². The Bertz CT molecular complexity index is 499. The minimum Gasteiger partial charge on any atom is -0.494 e. The largest absolute Gasteiger partial charge is 0.494 e. The Balaban J connectivity index is 1.70. The first kappa shape index (κ1) is 13.1. The number of hydrogen-bond donors (Lipinski definition) is 1. The number of benzene rings is 1. The number of carbonyl (C=O) groups is 1. The van der Waals surface area contributed by atoms with E-state index in [0.717, 1.165) is 12.2 Å². The van der Waals surface area contributed by atoms with Gasteiger partial charge >= 0.3 is 0 Å². The second kappa shape index (κ2) is 6.53. The molecule has 0 saturated heterocycles. The molecule has 1 amide bonds. The van der Waals surface area contributed by atoms with Crippen LogP contribution < -0.4 is 4.74 Å². The Labute approximate surface area is 111 Å². The molecule has 0 atom stereocenters. The van der Waals surface area contributed by atoms with Gasteiger partial charge in [0.1, 0.15) is 5.75 Å². The molecule has 2 aromatic rings. The molecule has 6 nitrogen and oxygen atoms in total. The molecule has 0 aliphatic heterocycles. The fourth-order valence-corrected chi connectivity index (χ4v) is 1.61. The van der Waals surface area contributed by atoms with Crippen LogP contribution in [0.1, 0.15) is 16.9 Å². The van der Waals surface area contributed by atoms with Crippen molar-refractivity contribution < 1.29 is 9.53 Å². The van der Waals surface area contributed by atoms with Crippen molar-refractivity contribution in [3.63, 3.8) is 0 Å². The molecule has 0 bridgehead atoms. The van der Waals surface area contributed by atoms with Crippen molar-refractivity contribution >= 4 is 5.91 Å². The fourth-order valence-electron chi connectivity index (χ4n) is 1.61. The number of carbonyl (C=O) groups excluding carboxylic acids is 1. The van der Waals surface area contributed by atoms with Crippen molar-refractivity contribution in [2.45, 2.75) is 6.42 Å². The summed E-state index contributed by atoms with van der Waals surface area (Å²) in [7, 11) is 1.74. The second-order valence-corrected chi connectivity index (χ2v) is 4.10. The first-order valence-electron chi connectivity index (χ1n) is 6.06. The van der Waals surface area contributed by atoms with Crippen LogP contribution in [0.25, 0.3) is 0 Å². The summed E-state index contributed by atoms with van der Waals surface area (Å²) in [6.45, 7) is 1.18. The van der Waals surface area contributed by atoms with Crippen LogP contribution >= 0.6 is 0 Å². The molecule has 0 unspecified atom stereocenters. The van der Waals surface area contributed by atoms with Gasteiger partial charge in [-0.15, -0.1) is 0 Å². The number of rotatable bonds is 6. The summed E-state index contributed by atoms with van der Waals surface area (Å²) in [5.74, 6) is 0.696. The van der Waals surface area contributed by atoms with Gasteiger partial charge in [0.25, 0.3) is 5.91 Å². The van der Waals surface area contributed by atoms with Crippen LogP contribution in [-0.4, -0.2) is 46.4 Å². The highest BCUT2D eigenvalue weighted by Crippen LogP contribution is 2.08. The minimum absolute atomic E-state index is 0.145. The monoisotopic (exact) mass is 260 g/mol. The third-order valence-corrected chi connectivity index (χ3v) is 2.63. The number of hydrogen-bond acceptors (Lipinski definition) is 4. The molecule has 19 heavy (non-hydrogen) atoms. The Kier molecular flexibility index (Phi) is 4.49. The summed E-state index contributed by atoms with van der Waals surface area (Å²) in [6.07, 6.45) is 2.17. The molecule has 1 N–H and O–H groups in total. The number of para-hydroxylation sites is 1. The van der Waals surface area contributed by atoms with Crippen LogP contribution in [-0.2, 0) is 0 Å². The highest BCUT2D eigenvalue weighted by atomic mass is 16.5. The second-order valence-electron chi connectivity index (χ2n) is 4.10. The third-order valence-electron chi connectivity index (χ3n) is 2.63. The molecule has 0 aliphatic rings. The predicted octanol–water partition coefficient (Wildman–Crippen LogP) is 1.35. The summed E-state index contributed by atoms with van der Waals surface area (Å²) in [4.78, 5) is 13.4. The average molecular weight is 260 g/mol. The number of ether oxygens (including phenoxy) is 1. The van der Waals surface area contributed by atoms with Crippen LogP contribution in [0.4, 0.5) is 0 Å². The van der Waals surface area contributed by atoms with Crippen LogP contribution in [0.5, 0.6) is 5.75 Å². The van der Waals surface area contributed by atoms with E-state index in [0.29, 0.717) is 18.8 Å². The first-order valence-corrected chi connectivity index (χ1v) is 6.06. The van der Waals surface area contributed by atoms with Gasteiger partial charge in [-0.3, -0.25) is 4.79 Å². The lowest BCUT2D eigenvalue weighted by molar-refractivity contribution is 0.0782. The molecule has 0 fully saturated rings. The number of H-pyrrole nitrogens is 1. The third kappa shape index (κ3) is 3.80. The van der Waals surface area contributed by atoms with Gasteiger partial charge in [0.05, 0.1) is 12.8 Å². The van der Waals surface area contributed by atoms with Crippen molar-refractivity contribution in [1.82, 2.24) is 20.3 Å². The standard InChI is InChI=1S/C13H16N4O2/c1-17(13(18)12-10-14-16-15-12)8-5-9-19-11-6-3-2-4-7-11/h2-4,6-7,10H,5,8-9H2,1H3,(H,14,15,16). The zero-order valence-corrected chi connectivity index (χ0v) is 10.7. The fraction of sp³-hybridized carbons (Fsp3) is 0.308. The van der Waals surface area contributed by atoms with E-state index in [9.17, 15) is 4.79 Å². The maximum atomic E-state index is 11.8. The van der Waals surface area contributed by atoms with E-state index in [1.54, 1.807) is 11.9 Å². The Morgan fingerprint density at radius 2 is 2.16 bits per heavy atom. The molecule has 2 rings (SSSR count). The smallest absolute Gasteiger partial charge is 0.275 e. The van der Waals surface area contributed by atoms with Gasteiger partial charge in [-0.1, -0.05) is 18.2 Å². The number of aromatic nitrogens is 3. The normalized spacial score (nSPS) is 10.2. The maximum absolute atomic E-state index is 11.8. The molecule has 0 spiro atoms. The molecular formula is C13H16N4O2. The minimum atomic E-state index is -0.145. The van der Waals surface area contributed by atoms with E-state index in [4.69, 9.17) is 4.74 Å². The average Bonchev–Trinajstić information content (AvgIpc) is 2.98. The number of nitrogens with zero attached hydrogens (tertiary/aromatic N) is 3. The van der Waals surface area contributed by atoms with E-state index in [-0.39, 0.29) is 5.91 Å². The van der Waals surface area contributed by atoms with Crippen molar-refractivity contribution in [1.29, 1.82) is 0 Å². The molecular weight excluding hydrogens is 244 g/mol. The van der Waals surface area contributed by atoms with Crippen LogP contribution in [0.3, 0.4) is 0 Å². The Hall–Kier alpha value is -2.37. The Morgan fingerprint density at radius 1 is 1.37 bits per heavy atom. The lowest BCUT2D eigenvalue weighted by atomic mass is 10.3. The number of nitrogens with one attached hydrogen (secondary N) is 1. The summed E-state index contributed by atoms with van der Waals surface area (Å²) in [6, 6.07) is 9.61. The zero-order chi connectivity index (χ0) is 13.5. The number of aromatic amines is 1. The maximum Gasteiger partial charge on any atom is 0.275 e. The highest BCUT2D eigenvalue weighted by Gasteiger charge is 2.13.